The molecule has 0 saturated carbocycles. The summed E-state index contributed by atoms with van der Waals surface area (Å²) in [5.41, 5.74) is 1.27. The van der Waals surface area contributed by atoms with Crippen molar-refractivity contribution < 1.29 is 18.7 Å². The molecule has 6 heteroatoms. The van der Waals surface area contributed by atoms with E-state index in [9.17, 15) is 14.0 Å². The molecule has 2 aromatic carbocycles. The van der Waals surface area contributed by atoms with Crippen molar-refractivity contribution >= 4 is 34.0 Å². The van der Waals surface area contributed by atoms with Crippen molar-refractivity contribution in [1.82, 2.24) is 4.90 Å². The van der Waals surface area contributed by atoms with Crippen molar-refractivity contribution in [3.8, 4) is 0 Å². The van der Waals surface area contributed by atoms with E-state index in [0.717, 1.165) is 10.5 Å². The molecular formula is C19H15BrFNO3. The first-order valence-electron chi connectivity index (χ1n) is 7.71. The highest BCUT2D eigenvalue weighted by atomic mass is 79.9. The molecule has 1 fully saturated rings. The number of ether oxygens (including phenoxy) is 1. The molecule has 1 aliphatic rings. The average Bonchev–Trinajstić information content (AvgIpc) is 2.95. The number of imide groups is 1. The van der Waals surface area contributed by atoms with Gasteiger partial charge in [0.05, 0.1) is 6.04 Å². The number of amides is 2. The number of cyclic esters (lactones) is 1. The summed E-state index contributed by atoms with van der Waals surface area (Å²) in [4.78, 5) is 25.4. The number of rotatable bonds is 4. The number of nitrogens with zero attached hydrogens (tertiary/aromatic N) is 1. The van der Waals surface area contributed by atoms with E-state index in [1.807, 2.05) is 30.3 Å². The van der Waals surface area contributed by atoms with Gasteiger partial charge in [-0.1, -0.05) is 52.3 Å². The first-order chi connectivity index (χ1) is 12.0. The predicted molar refractivity (Wildman–Crippen MR) is 95.3 cm³/mol. The summed E-state index contributed by atoms with van der Waals surface area (Å²) in [6.07, 6.45) is 2.39. The second kappa shape index (κ2) is 7.61. The number of hydrogen-bond donors (Lipinski definition) is 0. The third-order valence-corrected chi connectivity index (χ3v) is 4.37. The molecule has 1 saturated heterocycles. The van der Waals surface area contributed by atoms with Gasteiger partial charge in [-0.2, -0.15) is 0 Å². The van der Waals surface area contributed by atoms with Gasteiger partial charge in [0, 0.05) is 16.1 Å². The van der Waals surface area contributed by atoms with Gasteiger partial charge in [0.1, 0.15) is 12.4 Å². The summed E-state index contributed by atoms with van der Waals surface area (Å²) >= 11 is 3.18. The van der Waals surface area contributed by atoms with Gasteiger partial charge in [-0.15, -0.1) is 0 Å². The monoisotopic (exact) mass is 403 g/mol. The fourth-order valence-electron chi connectivity index (χ4n) is 2.64. The van der Waals surface area contributed by atoms with Crippen LogP contribution in [0.25, 0.3) is 6.08 Å². The normalized spacial score (nSPS) is 17.1. The molecule has 3 rings (SSSR count). The third kappa shape index (κ3) is 4.14. The lowest BCUT2D eigenvalue weighted by molar-refractivity contribution is -0.124. The summed E-state index contributed by atoms with van der Waals surface area (Å²) in [5.74, 6) is -0.978. The van der Waals surface area contributed by atoms with Gasteiger partial charge >= 0.3 is 6.09 Å². The highest BCUT2D eigenvalue weighted by molar-refractivity contribution is 9.10. The Morgan fingerprint density at radius 3 is 2.76 bits per heavy atom. The maximum absolute atomic E-state index is 13.8. The van der Waals surface area contributed by atoms with Crippen LogP contribution in [0.1, 0.15) is 11.1 Å². The molecule has 1 aliphatic heterocycles. The standard InChI is InChI=1S/C19H15BrFNO3/c20-15-8-6-14(17(21)11-15)7-9-18(23)22-16(12-25-19(22)24)10-13-4-2-1-3-5-13/h1-9,11,16H,10,12H2/b9-7+/t16-/m0/s1. The smallest absolute Gasteiger partial charge is 0.417 e. The van der Waals surface area contributed by atoms with Crippen LogP contribution in [0.3, 0.4) is 0 Å². The molecule has 0 N–H and O–H groups in total. The van der Waals surface area contributed by atoms with E-state index in [1.54, 1.807) is 12.1 Å². The summed E-state index contributed by atoms with van der Waals surface area (Å²) in [5, 5.41) is 0. The third-order valence-electron chi connectivity index (χ3n) is 3.88. The Balaban J connectivity index is 1.74. The van der Waals surface area contributed by atoms with Crippen LogP contribution in [0, 0.1) is 5.82 Å². The molecule has 0 aliphatic carbocycles. The topological polar surface area (TPSA) is 46.6 Å². The zero-order valence-electron chi connectivity index (χ0n) is 13.2. The van der Waals surface area contributed by atoms with E-state index in [-0.39, 0.29) is 18.2 Å². The second-order valence-electron chi connectivity index (χ2n) is 5.63. The van der Waals surface area contributed by atoms with Crippen molar-refractivity contribution in [1.29, 1.82) is 0 Å². The van der Waals surface area contributed by atoms with E-state index in [1.165, 1.54) is 18.2 Å². The van der Waals surface area contributed by atoms with E-state index in [4.69, 9.17) is 4.74 Å². The molecule has 2 amide bonds. The maximum Gasteiger partial charge on any atom is 0.417 e. The average molecular weight is 404 g/mol. The highest BCUT2D eigenvalue weighted by Crippen LogP contribution is 2.19. The quantitative estimate of drug-likeness (QED) is 0.718. The van der Waals surface area contributed by atoms with Crippen molar-refractivity contribution in [3.63, 3.8) is 0 Å². The largest absolute Gasteiger partial charge is 0.447 e. The lowest BCUT2D eigenvalue weighted by Crippen LogP contribution is -2.39. The van der Waals surface area contributed by atoms with E-state index < -0.39 is 17.8 Å². The Morgan fingerprint density at radius 2 is 2.04 bits per heavy atom. The lowest BCUT2D eigenvalue weighted by Gasteiger charge is -2.18. The van der Waals surface area contributed by atoms with E-state index in [0.29, 0.717) is 10.9 Å². The van der Waals surface area contributed by atoms with Crippen LogP contribution in [0.5, 0.6) is 0 Å². The Labute approximate surface area is 153 Å². The summed E-state index contributed by atoms with van der Waals surface area (Å²) in [6.45, 7) is 0.153. The molecule has 128 valence electrons. The van der Waals surface area contributed by atoms with Crippen molar-refractivity contribution in [3.05, 3.63) is 76.0 Å². The number of carbonyl (C=O) groups excluding carboxylic acids is 2. The number of hydrogen-bond acceptors (Lipinski definition) is 3. The summed E-state index contributed by atoms with van der Waals surface area (Å²) in [6, 6.07) is 13.7. The molecule has 0 radical (unpaired) electrons. The lowest BCUT2D eigenvalue weighted by atomic mass is 10.1. The minimum Gasteiger partial charge on any atom is -0.447 e. The van der Waals surface area contributed by atoms with Gasteiger partial charge in [-0.25, -0.2) is 14.1 Å². The van der Waals surface area contributed by atoms with Crippen LogP contribution in [0.4, 0.5) is 9.18 Å². The van der Waals surface area contributed by atoms with Crippen LogP contribution in [0.2, 0.25) is 0 Å². The summed E-state index contributed by atoms with van der Waals surface area (Å²) in [7, 11) is 0. The van der Waals surface area contributed by atoms with Crippen molar-refractivity contribution in [2.45, 2.75) is 12.5 Å². The van der Waals surface area contributed by atoms with Gasteiger partial charge in [0.25, 0.3) is 5.91 Å². The molecular weight excluding hydrogens is 389 g/mol. The molecule has 0 unspecified atom stereocenters. The molecule has 4 nitrogen and oxygen atoms in total. The molecule has 2 aromatic rings. The van der Waals surface area contributed by atoms with Crippen LogP contribution < -0.4 is 0 Å². The Hall–Kier alpha value is -2.47. The number of halogens is 2. The fraction of sp³-hybridized carbons (Fsp3) is 0.158. The van der Waals surface area contributed by atoms with E-state index >= 15 is 0 Å². The fourth-order valence-corrected chi connectivity index (χ4v) is 2.98. The molecule has 25 heavy (non-hydrogen) atoms. The Morgan fingerprint density at radius 1 is 1.28 bits per heavy atom. The highest BCUT2D eigenvalue weighted by Gasteiger charge is 2.36. The zero-order valence-corrected chi connectivity index (χ0v) is 14.8. The van der Waals surface area contributed by atoms with Crippen LogP contribution in [0.15, 0.2) is 59.1 Å². The van der Waals surface area contributed by atoms with Gasteiger partial charge in [-0.05, 0) is 30.2 Å². The zero-order chi connectivity index (χ0) is 17.8. The second-order valence-corrected chi connectivity index (χ2v) is 6.54. The predicted octanol–water partition coefficient (Wildman–Crippen LogP) is 4.19. The number of carbonyl (C=O) groups is 2. The molecule has 1 heterocycles. The number of benzene rings is 2. The van der Waals surface area contributed by atoms with Crippen molar-refractivity contribution in [2.75, 3.05) is 6.61 Å². The molecule has 0 aromatic heterocycles. The first-order valence-corrected chi connectivity index (χ1v) is 8.51. The summed E-state index contributed by atoms with van der Waals surface area (Å²) < 4.78 is 19.4. The Bertz CT molecular complexity index is 823. The Kier molecular flexibility index (Phi) is 5.28. The molecule has 0 spiro atoms. The minimum absolute atomic E-state index is 0.153. The van der Waals surface area contributed by atoms with Gasteiger partial charge in [-0.3, -0.25) is 4.79 Å². The van der Waals surface area contributed by atoms with Gasteiger partial charge < -0.3 is 4.74 Å². The molecule has 0 bridgehead atoms. The van der Waals surface area contributed by atoms with Crippen LogP contribution in [-0.4, -0.2) is 29.5 Å². The SMILES string of the molecule is O=C(/C=C/c1ccc(Br)cc1F)N1C(=O)OC[C@@H]1Cc1ccccc1. The maximum atomic E-state index is 13.8. The van der Waals surface area contributed by atoms with E-state index in [2.05, 4.69) is 15.9 Å². The van der Waals surface area contributed by atoms with Crippen LogP contribution in [-0.2, 0) is 16.0 Å². The van der Waals surface area contributed by atoms with Crippen LogP contribution >= 0.6 is 15.9 Å². The molecule has 1 atom stereocenters. The van der Waals surface area contributed by atoms with Gasteiger partial charge in [0.2, 0.25) is 0 Å². The van der Waals surface area contributed by atoms with Crippen molar-refractivity contribution in [2.24, 2.45) is 0 Å². The minimum atomic E-state index is -0.674. The van der Waals surface area contributed by atoms with Gasteiger partial charge in [0.15, 0.2) is 0 Å². The first kappa shape index (κ1) is 17.4.